The number of ether oxygens (including phenoxy) is 1. The monoisotopic (exact) mass is 398 g/mol. The standard InChI is InChI=1S/C22H42O4Si/c1-8-26-21(25)15-18-17(12-10-9-11-16(2)23)19(24)13-14-20(18)27(6,7)22(3,4)5/h16-18,20,23H,8-15H2,1-7H3/t16-,17-,18-,20+/m1/s1. The molecule has 1 fully saturated rings. The number of hydrogen-bond acceptors (Lipinski definition) is 4. The van der Waals surface area contributed by atoms with E-state index >= 15 is 0 Å². The summed E-state index contributed by atoms with van der Waals surface area (Å²) in [6.45, 7) is 15.8. The third-order valence-electron chi connectivity index (χ3n) is 7.10. The van der Waals surface area contributed by atoms with Gasteiger partial charge in [0.15, 0.2) is 0 Å². The van der Waals surface area contributed by atoms with Gasteiger partial charge < -0.3 is 9.84 Å². The maximum absolute atomic E-state index is 12.8. The van der Waals surface area contributed by atoms with Crippen molar-refractivity contribution in [3.05, 3.63) is 0 Å². The zero-order valence-electron chi connectivity index (χ0n) is 18.6. The Kier molecular flexibility index (Phi) is 9.20. The van der Waals surface area contributed by atoms with Crippen molar-refractivity contribution in [3.8, 4) is 0 Å². The van der Waals surface area contributed by atoms with Gasteiger partial charge >= 0.3 is 5.97 Å². The molecule has 4 atom stereocenters. The molecule has 4 nitrogen and oxygen atoms in total. The SMILES string of the molecule is CCOC(=O)C[C@@H]1[C@@H](CCCC[C@@H](C)O)C(=O)CC[C@@H]1[Si](C)(C)C(C)(C)C. The number of aliphatic hydroxyl groups is 1. The summed E-state index contributed by atoms with van der Waals surface area (Å²) >= 11 is 0. The highest BCUT2D eigenvalue weighted by atomic mass is 28.3. The molecule has 5 heteroatoms. The lowest BCUT2D eigenvalue weighted by Gasteiger charge is -2.50. The molecule has 0 amide bonds. The number of unbranched alkanes of at least 4 members (excludes halogenated alkanes) is 1. The van der Waals surface area contributed by atoms with E-state index in [4.69, 9.17) is 4.74 Å². The molecule has 0 spiro atoms. The Labute approximate surface area is 167 Å². The lowest BCUT2D eigenvalue weighted by Crippen LogP contribution is -2.50. The van der Waals surface area contributed by atoms with Gasteiger partial charge in [0.25, 0.3) is 0 Å². The molecule has 0 aromatic rings. The maximum Gasteiger partial charge on any atom is 0.306 e. The second-order valence-corrected chi connectivity index (χ2v) is 15.7. The first-order chi connectivity index (χ1) is 12.4. The van der Waals surface area contributed by atoms with Crippen molar-refractivity contribution in [2.75, 3.05) is 6.61 Å². The number of rotatable bonds is 9. The van der Waals surface area contributed by atoms with E-state index in [2.05, 4.69) is 33.9 Å². The Bertz CT molecular complexity index is 493. The zero-order chi connectivity index (χ0) is 20.8. The molecule has 0 aromatic heterocycles. The topological polar surface area (TPSA) is 63.6 Å². The second kappa shape index (κ2) is 10.2. The first-order valence-electron chi connectivity index (χ1n) is 10.8. The van der Waals surface area contributed by atoms with Crippen molar-refractivity contribution >= 4 is 19.8 Å². The Morgan fingerprint density at radius 1 is 1.30 bits per heavy atom. The maximum atomic E-state index is 12.8. The van der Waals surface area contributed by atoms with E-state index in [1.54, 1.807) is 0 Å². The third kappa shape index (κ3) is 6.70. The number of hydrogen-bond donors (Lipinski definition) is 1. The average molecular weight is 399 g/mol. The van der Waals surface area contributed by atoms with Crippen molar-refractivity contribution in [2.45, 2.75) is 109 Å². The number of aliphatic hydroxyl groups excluding tert-OH is 1. The van der Waals surface area contributed by atoms with Crippen LogP contribution in [0.5, 0.6) is 0 Å². The molecule has 1 aliphatic rings. The summed E-state index contributed by atoms with van der Waals surface area (Å²) in [5.41, 5.74) is 0.460. The molecule has 0 radical (unpaired) electrons. The summed E-state index contributed by atoms with van der Waals surface area (Å²) in [6, 6.07) is 0. The fraction of sp³-hybridized carbons (Fsp3) is 0.909. The van der Waals surface area contributed by atoms with Gasteiger partial charge in [-0.05, 0) is 49.6 Å². The van der Waals surface area contributed by atoms with Crippen LogP contribution >= 0.6 is 0 Å². The molecule has 1 N–H and O–H groups in total. The van der Waals surface area contributed by atoms with Gasteiger partial charge in [0.05, 0.1) is 20.8 Å². The predicted molar refractivity (Wildman–Crippen MR) is 114 cm³/mol. The van der Waals surface area contributed by atoms with Crippen LogP contribution < -0.4 is 0 Å². The van der Waals surface area contributed by atoms with Crippen LogP contribution in [0.2, 0.25) is 23.7 Å². The molecule has 0 aliphatic heterocycles. The minimum atomic E-state index is -1.69. The van der Waals surface area contributed by atoms with Crippen molar-refractivity contribution in [1.82, 2.24) is 0 Å². The van der Waals surface area contributed by atoms with Crippen LogP contribution in [-0.2, 0) is 14.3 Å². The van der Waals surface area contributed by atoms with Gasteiger partial charge in [0.1, 0.15) is 5.78 Å². The van der Waals surface area contributed by atoms with Crippen molar-refractivity contribution in [2.24, 2.45) is 11.8 Å². The predicted octanol–water partition coefficient (Wildman–Crippen LogP) is 5.35. The van der Waals surface area contributed by atoms with Crippen molar-refractivity contribution < 1.29 is 19.4 Å². The molecule has 1 saturated carbocycles. The van der Waals surface area contributed by atoms with E-state index in [9.17, 15) is 14.7 Å². The van der Waals surface area contributed by atoms with E-state index in [1.165, 1.54) is 0 Å². The minimum Gasteiger partial charge on any atom is -0.466 e. The van der Waals surface area contributed by atoms with Crippen molar-refractivity contribution in [1.29, 1.82) is 0 Å². The fourth-order valence-electron chi connectivity index (χ4n) is 4.54. The van der Waals surface area contributed by atoms with E-state index < -0.39 is 8.07 Å². The first-order valence-corrected chi connectivity index (χ1v) is 13.9. The first kappa shape index (κ1) is 24.4. The highest BCUT2D eigenvalue weighted by Gasteiger charge is 2.50. The summed E-state index contributed by atoms with van der Waals surface area (Å²) in [7, 11) is -1.69. The van der Waals surface area contributed by atoms with Gasteiger partial charge in [0, 0.05) is 18.8 Å². The summed E-state index contributed by atoms with van der Waals surface area (Å²) in [6.07, 6.45) is 5.13. The van der Waals surface area contributed by atoms with Crippen LogP contribution in [0.15, 0.2) is 0 Å². The number of Topliss-reactive ketones (excluding diaryl/α,β-unsaturated/α-hetero) is 1. The molecular formula is C22H42O4Si. The van der Waals surface area contributed by atoms with E-state index in [1.807, 2.05) is 13.8 Å². The highest BCUT2D eigenvalue weighted by molar-refractivity contribution is 6.81. The normalized spacial score (nSPS) is 25.3. The van der Waals surface area contributed by atoms with E-state index in [0.29, 0.717) is 30.8 Å². The highest BCUT2D eigenvalue weighted by Crippen LogP contribution is 2.54. The lowest BCUT2D eigenvalue weighted by atomic mass is 9.73. The lowest BCUT2D eigenvalue weighted by molar-refractivity contribution is -0.145. The molecule has 27 heavy (non-hydrogen) atoms. The summed E-state index contributed by atoms with van der Waals surface area (Å²) in [5, 5.41) is 9.71. The van der Waals surface area contributed by atoms with Crippen molar-refractivity contribution in [3.63, 3.8) is 0 Å². The largest absolute Gasteiger partial charge is 0.466 e. The summed E-state index contributed by atoms with van der Waals surface area (Å²) < 4.78 is 5.26. The Balaban J connectivity index is 3.04. The molecule has 1 aliphatic carbocycles. The fourth-order valence-corrected chi connectivity index (χ4v) is 7.94. The Morgan fingerprint density at radius 3 is 2.44 bits per heavy atom. The molecule has 0 unspecified atom stereocenters. The van der Waals surface area contributed by atoms with E-state index in [0.717, 1.165) is 32.1 Å². The number of carbonyl (C=O) groups is 2. The molecule has 0 bridgehead atoms. The second-order valence-electron chi connectivity index (χ2n) is 10.00. The molecule has 0 saturated heterocycles. The van der Waals surface area contributed by atoms with Gasteiger partial charge in [-0.15, -0.1) is 0 Å². The average Bonchev–Trinajstić information content (AvgIpc) is 2.52. The van der Waals surface area contributed by atoms with Gasteiger partial charge in [-0.25, -0.2) is 0 Å². The number of carbonyl (C=O) groups excluding carboxylic acids is 2. The van der Waals surface area contributed by atoms with Crippen LogP contribution in [0, 0.1) is 11.8 Å². The third-order valence-corrected chi connectivity index (χ3v) is 13.5. The number of esters is 1. The van der Waals surface area contributed by atoms with Crippen LogP contribution in [0.25, 0.3) is 0 Å². The van der Waals surface area contributed by atoms with Crippen LogP contribution in [-0.4, -0.2) is 37.6 Å². The quantitative estimate of drug-likeness (QED) is 0.323. The summed E-state index contributed by atoms with van der Waals surface area (Å²) in [4.78, 5) is 25.2. The Morgan fingerprint density at radius 2 is 1.93 bits per heavy atom. The van der Waals surface area contributed by atoms with Crippen LogP contribution in [0.4, 0.5) is 0 Å². The van der Waals surface area contributed by atoms with Gasteiger partial charge in [-0.3, -0.25) is 9.59 Å². The van der Waals surface area contributed by atoms with Crippen LogP contribution in [0.3, 0.4) is 0 Å². The smallest absolute Gasteiger partial charge is 0.306 e. The molecule has 1 rings (SSSR count). The minimum absolute atomic E-state index is 0.0312. The molecule has 0 aromatic carbocycles. The van der Waals surface area contributed by atoms with Crippen LogP contribution in [0.1, 0.15) is 79.6 Å². The van der Waals surface area contributed by atoms with Gasteiger partial charge in [-0.2, -0.15) is 0 Å². The van der Waals surface area contributed by atoms with Gasteiger partial charge in [-0.1, -0.05) is 46.7 Å². The Hall–Kier alpha value is -0.683. The molecule has 158 valence electrons. The molecular weight excluding hydrogens is 356 g/mol. The van der Waals surface area contributed by atoms with E-state index in [-0.39, 0.29) is 28.9 Å². The summed E-state index contributed by atoms with van der Waals surface area (Å²) in [5.74, 6) is 0.250. The zero-order valence-corrected chi connectivity index (χ0v) is 19.6. The molecule has 0 heterocycles. The van der Waals surface area contributed by atoms with Gasteiger partial charge in [0.2, 0.25) is 0 Å². The number of ketones is 1.